The number of aromatic amines is 1. The lowest BCUT2D eigenvalue weighted by Crippen LogP contribution is -2.48. The molecule has 1 unspecified atom stereocenters. The van der Waals surface area contributed by atoms with E-state index < -0.39 is 0 Å². The van der Waals surface area contributed by atoms with Gasteiger partial charge in [-0.05, 0) is 32.4 Å². The zero-order valence-electron chi connectivity index (χ0n) is 10.5. The van der Waals surface area contributed by atoms with Gasteiger partial charge in [-0.3, -0.25) is 9.59 Å². The van der Waals surface area contributed by atoms with Gasteiger partial charge >= 0.3 is 0 Å². The number of nitrogens with zero attached hydrogens (tertiary/aromatic N) is 2. The van der Waals surface area contributed by atoms with Gasteiger partial charge in [0.2, 0.25) is 0 Å². The highest BCUT2D eigenvalue weighted by Gasteiger charge is 2.25. The number of carbonyl (C=O) groups excluding carboxylic acids is 1. The first-order valence-electron chi connectivity index (χ1n) is 6.29. The minimum Gasteiger partial charge on any atom is -0.333 e. The summed E-state index contributed by atoms with van der Waals surface area (Å²) in [6, 6.07) is 3.01. The number of hydrogen-bond donors (Lipinski definition) is 2. The van der Waals surface area contributed by atoms with Crippen LogP contribution in [0.2, 0.25) is 0 Å². The summed E-state index contributed by atoms with van der Waals surface area (Å²) in [4.78, 5) is 25.0. The molecule has 2 N–H and O–H groups in total. The molecule has 0 saturated carbocycles. The van der Waals surface area contributed by atoms with E-state index in [9.17, 15) is 9.59 Å². The number of piperidine rings is 1. The van der Waals surface area contributed by atoms with Crippen molar-refractivity contribution in [2.45, 2.75) is 25.8 Å². The summed E-state index contributed by atoms with van der Waals surface area (Å²) in [5, 5.41) is 9.38. The van der Waals surface area contributed by atoms with Crippen molar-refractivity contribution in [1.82, 2.24) is 20.4 Å². The molecule has 1 aliphatic heterocycles. The number of H-pyrrole nitrogens is 1. The number of likely N-dealkylation sites (N-methyl/N-ethyl adjacent to an activating group) is 1. The van der Waals surface area contributed by atoms with Crippen LogP contribution < -0.4 is 10.9 Å². The van der Waals surface area contributed by atoms with Gasteiger partial charge in [0.15, 0.2) is 0 Å². The van der Waals surface area contributed by atoms with Gasteiger partial charge in [-0.2, -0.15) is 5.10 Å². The normalized spacial score (nSPS) is 19.5. The SMILES string of the molecule is CCN(C(=O)c1ccc(=O)[nH]n1)C1CCCNC1. The molecule has 6 nitrogen and oxygen atoms in total. The zero-order valence-corrected chi connectivity index (χ0v) is 10.5. The van der Waals surface area contributed by atoms with Crippen molar-refractivity contribution >= 4 is 5.91 Å². The second kappa shape index (κ2) is 5.77. The number of hydrogen-bond acceptors (Lipinski definition) is 4. The van der Waals surface area contributed by atoms with Gasteiger partial charge in [0.05, 0.1) is 0 Å². The zero-order chi connectivity index (χ0) is 13.0. The molecule has 1 aromatic heterocycles. The Hall–Kier alpha value is -1.69. The standard InChI is InChI=1S/C12H18N4O2/c1-2-16(9-4-3-7-13-8-9)12(18)10-5-6-11(17)15-14-10/h5-6,9,13H,2-4,7-8H2,1H3,(H,15,17). The van der Waals surface area contributed by atoms with Gasteiger partial charge in [-0.1, -0.05) is 0 Å². The van der Waals surface area contributed by atoms with Gasteiger partial charge in [0.1, 0.15) is 5.69 Å². The molecule has 2 heterocycles. The summed E-state index contributed by atoms with van der Waals surface area (Å²) in [6.07, 6.45) is 2.09. The van der Waals surface area contributed by atoms with Crippen LogP contribution in [-0.4, -0.2) is 46.7 Å². The fourth-order valence-electron chi connectivity index (χ4n) is 2.28. The molecule has 0 bridgehead atoms. The van der Waals surface area contributed by atoms with E-state index in [4.69, 9.17) is 0 Å². The van der Waals surface area contributed by atoms with Crippen LogP contribution in [0.25, 0.3) is 0 Å². The Balaban J connectivity index is 2.13. The highest BCUT2D eigenvalue weighted by Crippen LogP contribution is 2.12. The van der Waals surface area contributed by atoms with Crippen molar-refractivity contribution in [1.29, 1.82) is 0 Å². The predicted octanol–water partition coefficient (Wildman–Crippen LogP) is -0.0160. The minimum atomic E-state index is -0.297. The quantitative estimate of drug-likeness (QED) is 0.790. The van der Waals surface area contributed by atoms with Crippen LogP contribution in [0.3, 0.4) is 0 Å². The van der Waals surface area contributed by atoms with Crippen LogP contribution in [-0.2, 0) is 0 Å². The Labute approximate surface area is 105 Å². The van der Waals surface area contributed by atoms with Crippen LogP contribution in [0.5, 0.6) is 0 Å². The second-order valence-electron chi connectivity index (χ2n) is 4.40. The van der Waals surface area contributed by atoms with Crippen molar-refractivity contribution in [3.05, 3.63) is 28.2 Å². The first-order valence-corrected chi connectivity index (χ1v) is 6.29. The average molecular weight is 250 g/mol. The highest BCUT2D eigenvalue weighted by atomic mass is 16.2. The molecule has 18 heavy (non-hydrogen) atoms. The Morgan fingerprint density at radius 2 is 2.39 bits per heavy atom. The second-order valence-corrected chi connectivity index (χ2v) is 4.40. The molecule has 1 amide bonds. The maximum Gasteiger partial charge on any atom is 0.274 e. The molecule has 1 atom stereocenters. The number of nitrogens with one attached hydrogen (secondary N) is 2. The molecule has 1 aromatic rings. The van der Waals surface area contributed by atoms with Crippen LogP contribution in [0, 0.1) is 0 Å². The van der Waals surface area contributed by atoms with E-state index in [0.717, 1.165) is 25.9 Å². The monoisotopic (exact) mass is 250 g/mol. The van der Waals surface area contributed by atoms with Gasteiger partial charge in [-0.15, -0.1) is 0 Å². The average Bonchev–Trinajstić information content (AvgIpc) is 2.41. The number of carbonyl (C=O) groups is 1. The highest BCUT2D eigenvalue weighted by molar-refractivity contribution is 5.92. The van der Waals surface area contributed by atoms with Crippen molar-refractivity contribution in [3.8, 4) is 0 Å². The summed E-state index contributed by atoms with van der Waals surface area (Å²) in [5.41, 5.74) is -0.00375. The predicted molar refractivity (Wildman–Crippen MR) is 67.5 cm³/mol. The molecular weight excluding hydrogens is 232 g/mol. The molecule has 0 aliphatic carbocycles. The maximum atomic E-state index is 12.3. The molecule has 1 fully saturated rings. The lowest BCUT2D eigenvalue weighted by molar-refractivity contribution is 0.0654. The maximum absolute atomic E-state index is 12.3. The molecule has 2 rings (SSSR count). The smallest absolute Gasteiger partial charge is 0.274 e. The van der Waals surface area contributed by atoms with Crippen molar-refractivity contribution < 1.29 is 4.79 Å². The van der Waals surface area contributed by atoms with Gasteiger partial charge in [0.25, 0.3) is 11.5 Å². The van der Waals surface area contributed by atoms with Crippen molar-refractivity contribution in [2.24, 2.45) is 0 Å². The molecule has 6 heteroatoms. The van der Waals surface area contributed by atoms with E-state index in [1.54, 1.807) is 0 Å². The van der Waals surface area contributed by atoms with E-state index in [-0.39, 0.29) is 17.5 Å². The van der Waals surface area contributed by atoms with E-state index in [0.29, 0.717) is 12.2 Å². The molecule has 1 aliphatic rings. The summed E-state index contributed by atoms with van der Waals surface area (Å²) in [6.45, 7) is 4.44. The molecule has 0 radical (unpaired) electrons. The van der Waals surface area contributed by atoms with Crippen LogP contribution in [0.1, 0.15) is 30.3 Å². The number of aromatic nitrogens is 2. The van der Waals surface area contributed by atoms with Gasteiger partial charge < -0.3 is 10.2 Å². The third-order valence-electron chi connectivity index (χ3n) is 3.21. The third kappa shape index (κ3) is 2.76. The number of amides is 1. The fourth-order valence-corrected chi connectivity index (χ4v) is 2.28. The summed E-state index contributed by atoms with van der Waals surface area (Å²) in [7, 11) is 0. The Kier molecular flexibility index (Phi) is 4.09. The molecular formula is C12H18N4O2. The van der Waals surface area contributed by atoms with Crippen molar-refractivity contribution in [2.75, 3.05) is 19.6 Å². The number of rotatable bonds is 3. The third-order valence-corrected chi connectivity index (χ3v) is 3.21. The first-order chi connectivity index (χ1) is 8.72. The van der Waals surface area contributed by atoms with Crippen LogP contribution in [0.15, 0.2) is 16.9 Å². The molecule has 0 aromatic carbocycles. The van der Waals surface area contributed by atoms with E-state index >= 15 is 0 Å². The lowest BCUT2D eigenvalue weighted by Gasteiger charge is -2.33. The Bertz CT molecular complexity index is 445. The van der Waals surface area contributed by atoms with E-state index in [1.165, 1.54) is 12.1 Å². The van der Waals surface area contributed by atoms with Crippen LogP contribution >= 0.6 is 0 Å². The Morgan fingerprint density at radius 1 is 1.56 bits per heavy atom. The van der Waals surface area contributed by atoms with Gasteiger partial charge in [-0.25, -0.2) is 5.10 Å². The minimum absolute atomic E-state index is 0.123. The topological polar surface area (TPSA) is 78.1 Å². The molecule has 1 saturated heterocycles. The molecule has 98 valence electrons. The van der Waals surface area contributed by atoms with E-state index in [2.05, 4.69) is 15.5 Å². The van der Waals surface area contributed by atoms with Crippen LogP contribution in [0.4, 0.5) is 0 Å². The summed E-state index contributed by atoms with van der Waals surface area (Å²) >= 11 is 0. The largest absolute Gasteiger partial charge is 0.333 e. The summed E-state index contributed by atoms with van der Waals surface area (Å²) < 4.78 is 0. The molecule has 0 spiro atoms. The van der Waals surface area contributed by atoms with E-state index in [1.807, 2.05) is 11.8 Å². The Morgan fingerprint density at radius 3 is 2.94 bits per heavy atom. The van der Waals surface area contributed by atoms with Gasteiger partial charge in [0, 0.05) is 25.2 Å². The summed E-state index contributed by atoms with van der Waals surface area (Å²) in [5.74, 6) is -0.123. The first kappa shape index (κ1) is 12.8. The fraction of sp³-hybridized carbons (Fsp3) is 0.583. The lowest BCUT2D eigenvalue weighted by atomic mass is 10.1. The van der Waals surface area contributed by atoms with Crippen molar-refractivity contribution in [3.63, 3.8) is 0 Å².